The Labute approximate surface area is 104 Å². The molecule has 0 bridgehead atoms. The molecule has 0 amide bonds. The maximum Gasteiger partial charge on any atom is 0.123 e. The van der Waals surface area contributed by atoms with Crippen LogP contribution in [-0.2, 0) is 6.42 Å². The van der Waals surface area contributed by atoms with E-state index in [0.717, 1.165) is 13.0 Å². The molecule has 0 saturated carbocycles. The van der Waals surface area contributed by atoms with E-state index in [2.05, 4.69) is 33.0 Å². The van der Waals surface area contributed by atoms with Gasteiger partial charge in [0.05, 0.1) is 0 Å². The predicted octanol–water partition coefficient (Wildman–Crippen LogP) is 3.78. The van der Waals surface area contributed by atoms with Gasteiger partial charge < -0.3 is 5.32 Å². The van der Waals surface area contributed by atoms with Crippen molar-refractivity contribution in [3.63, 3.8) is 0 Å². The molecule has 1 rings (SSSR count). The standard InChI is InChI=1S/C15H24FN/c1-5-15(3,4)11-17-12(2)10-13-6-8-14(16)9-7-13/h6-9,12,17H,5,10-11H2,1-4H3. The van der Waals surface area contributed by atoms with Crippen molar-refractivity contribution in [2.45, 2.75) is 46.6 Å². The van der Waals surface area contributed by atoms with Gasteiger partial charge in [-0.15, -0.1) is 0 Å². The normalized spacial score (nSPS) is 13.7. The van der Waals surface area contributed by atoms with Gasteiger partial charge in [-0.3, -0.25) is 0 Å². The van der Waals surface area contributed by atoms with Crippen molar-refractivity contribution in [1.29, 1.82) is 0 Å². The quantitative estimate of drug-likeness (QED) is 0.794. The first-order valence-electron chi connectivity index (χ1n) is 6.41. The third kappa shape index (κ3) is 5.31. The summed E-state index contributed by atoms with van der Waals surface area (Å²) in [6, 6.07) is 7.19. The van der Waals surface area contributed by atoms with E-state index in [1.54, 1.807) is 0 Å². The molecule has 1 unspecified atom stereocenters. The second-order valence-corrected chi connectivity index (χ2v) is 5.63. The average molecular weight is 237 g/mol. The Morgan fingerprint density at radius 3 is 2.35 bits per heavy atom. The molecule has 0 radical (unpaired) electrons. The SMILES string of the molecule is CCC(C)(C)CNC(C)Cc1ccc(F)cc1. The summed E-state index contributed by atoms with van der Waals surface area (Å²) in [6.45, 7) is 9.95. The average Bonchev–Trinajstić information content (AvgIpc) is 2.30. The van der Waals surface area contributed by atoms with E-state index in [4.69, 9.17) is 0 Å². The van der Waals surface area contributed by atoms with Crippen LogP contribution in [0.4, 0.5) is 4.39 Å². The van der Waals surface area contributed by atoms with E-state index in [9.17, 15) is 4.39 Å². The Balaban J connectivity index is 2.39. The molecule has 1 N–H and O–H groups in total. The molecule has 0 aliphatic heterocycles. The Morgan fingerprint density at radius 2 is 1.82 bits per heavy atom. The zero-order valence-electron chi connectivity index (χ0n) is 11.4. The van der Waals surface area contributed by atoms with Gasteiger partial charge in [0.15, 0.2) is 0 Å². The molecule has 0 heterocycles. The monoisotopic (exact) mass is 237 g/mol. The highest BCUT2D eigenvalue weighted by molar-refractivity contribution is 5.16. The first kappa shape index (κ1) is 14.2. The van der Waals surface area contributed by atoms with Crippen LogP contribution in [0.1, 0.15) is 39.7 Å². The highest BCUT2D eigenvalue weighted by Gasteiger charge is 2.15. The molecule has 0 saturated heterocycles. The van der Waals surface area contributed by atoms with Crippen LogP contribution in [0, 0.1) is 11.2 Å². The summed E-state index contributed by atoms with van der Waals surface area (Å²) in [7, 11) is 0. The fourth-order valence-electron chi connectivity index (χ4n) is 1.62. The van der Waals surface area contributed by atoms with Crippen molar-refractivity contribution in [1.82, 2.24) is 5.32 Å². The van der Waals surface area contributed by atoms with Gasteiger partial charge in [-0.05, 0) is 42.9 Å². The van der Waals surface area contributed by atoms with Crippen molar-refractivity contribution in [2.24, 2.45) is 5.41 Å². The summed E-state index contributed by atoms with van der Waals surface area (Å²) in [5, 5.41) is 3.54. The van der Waals surface area contributed by atoms with E-state index in [0.29, 0.717) is 11.5 Å². The lowest BCUT2D eigenvalue weighted by molar-refractivity contribution is 0.312. The second-order valence-electron chi connectivity index (χ2n) is 5.63. The summed E-state index contributed by atoms with van der Waals surface area (Å²) in [4.78, 5) is 0. The lowest BCUT2D eigenvalue weighted by Crippen LogP contribution is -2.36. The van der Waals surface area contributed by atoms with Gasteiger partial charge in [0.25, 0.3) is 0 Å². The van der Waals surface area contributed by atoms with E-state index in [1.165, 1.54) is 24.1 Å². The smallest absolute Gasteiger partial charge is 0.123 e. The first-order chi connectivity index (χ1) is 7.93. The molecule has 1 aromatic carbocycles. The Morgan fingerprint density at radius 1 is 1.24 bits per heavy atom. The predicted molar refractivity (Wildman–Crippen MR) is 71.6 cm³/mol. The van der Waals surface area contributed by atoms with Crippen LogP contribution < -0.4 is 5.32 Å². The van der Waals surface area contributed by atoms with Crippen LogP contribution in [-0.4, -0.2) is 12.6 Å². The van der Waals surface area contributed by atoms with Gasteiger partial charge in [0.1, 0.15) is 5.82 Å². The molecular formula is C15H24FN. The first-order valence-corrected chi connectivity index (χ1v) is 6.41. The third-order valence-electron chi connectivity index (χ3n) is 3.34. The van der Waals surface area contributed by atoms with E-state index < -0.39 is 0 Å². The van der Waals surface area contributed by atoms with Crippen molar-refractivity contribution >= 4 is 0 Å². The van der Waals surface area contributed by atoms with Crippen molar-refractivity contribution in [3.05, 3.63) is 35.6 Å². The molecule has 1 nitrogen and oxygen atoms in total. The van der Waals surface area contributed by atoms with Crippen LogP contribution in [0.3, 0.4) is 0 Å². The second kappa shape index (κ2) is 6.15. The van der Waals surface area contributed by atoms with Gasteiger partial charge >= 0.3 is 0 Å². The number of halogens is 1. The highest BCUT2D eigenvalue weighted by Crippen LogP contribution is 2.18. The fraction of sp³-hybridized carbons (Fsp3) is 0.600. The minimum Gasteiger partial charge on any atom is -0.313 e. The Kier molecular flexibility index (Phi) is 5.13. The highest BCUT2D eigenvalue weighted by atomic mass is 19.1. The Bertz CT molecular complexity index is 329. The largest absolute Gasteiger partial charge is 0.313 e. The van der Waals surface area contributed by atoms with Crippen molar-refractivity contribution in [3.8, 4) is 0 Å². The minimum atomic E-state index is -0.165. The van der Waals surface area contributed by atoms with Gasteiger partial charge in [0.2, 0.25) is 0 Å². The third-order valence-corrected chi connectivity index (χ3v) is 3.34. The lowest BCUT2D eigenvalue weighted by atomic mass is 9.90. The van der Waals surface area contributed by atoms with Crippen LogP contribution in [0.2, 0.25) is 0 Å². The summed E-state index contributed by atoms with van der Waals surface area (Å²) in [6.07, 6.45) is 2.11. The number of nitrogens with one attached hydrogen (secondary N) is 1. The van der Waals surface area contributed by atoms with Gasteiger partial charge in [-0.25, -0.2) is 4.39 Å². The molecule has 96 valence electrons. The molecule has 0 fully saturated rings. The molecule has 1 aromatic rings. The molecule has 0 aliphatic carbocycles. The zero-order chi connectivity index (χ0) is 12.9. The van der Waals surface area contributed by atoms with Crippen LogP contribution in [0.25, 0.3) is 0 Å². The molecular weight excluding hydrogens is 213 g/mol. The van der Waals surface area contributed by atoms with Gasteiger partial charge in [-0.2, -0.15) is 0 Å². The van der Waals surface area contributed by atoms with Gasteiger partial charge in [-0.1, -0.05) is 32.9 Å². The summed E-state index contributed by atoms with van der Waals surface area (Å²) >= 11 is 0. The van der Waals surface area contributed by atoms with Crippen LogP contribution in [0.5, 0.6) is 0 Å². The van der Waals surface area contributed by atoms with Crippen LogP contribution >= 0.6 is 0 Å². The van der Waals surface area contributed by atoms with Crippen LogP contribution in [0.15, 0.2) is 24.3 Å². The minimum absolute atomic E-state index is 0.165. The molecule has 0 spiro atoms. The fourth-order valence-corrected chi connectivity index (χ4v) is 1.62. The van der Waals surface area contributed by atoms with E-state index in [-0.39, 0.29) is 5.82 Å². The van der Waals surface area contributed by atoms with Gasteiger partial charge in [0, 0.05) is 12.6 Å². The number of hydrogen-bond donors (Lipinski definition) is 1. The summed E-state index contributed by atoms with van der Waals surface area (Å²) < 4.78 is 12.8. The molecule has 0 aromatic heterocycles. The van der Waals surface area contributed by atoms with E-state index >= 15 is 0 Å². The molecule has 1 atom stereocenters. The molecule has 17 heavy (non-hydrogen) atoms. The maximum absolute atomic E-state index is 12.8. The summed E-state index contributed by atoms with van der Waals surface area (Å²) in [5.74, 6) is -0.165. The maximum atomic E-state index is 12.8. The van der Waals surface area contributed by atoms with Crippen molar-refractivity contribution in [2.75, 3.05) is 6.54 Å². The molecule has 0 aliphatic rings. The number of rotatable bonds is 6. The molecule has 2 heteroatoms. The summed E-state index contributed by atoms with van der Waals surface area (Å²) in [5.41, 5.74) is 1.53. The Hall–Kier alpha value is -0.890. The zero-order valence-corrected chi connectivity index (χ0v) is 11.4. The lowest BCUT2D eigenvalue weighted by Gasteiger charge is -2.25. The number of benzene rings is 1. The topological polar surface area (TPSA) is 12.0 Å². The number of hydrogen-bond acceptors (Lipinski definition) is 1. The van der Waals surface area contributed by atoms with Crippen molar-refractivity contribution < 1.29 is 4.39 Å². The van der Waals surface area contributed by atoms with E-state index in [1.807, 2.05) is 12.1 Å².